The lowest BCUT2D eigenvalue weighted by atomic mass is 10.2. The van der Waals surface area contributed by atoms with Gasteiger partial charge in [-0.15, -0.1) is 0 Å². The van der Waals surface area contributed by atoms with Gasteiger partial charge in [0.1, 0.15) is 0 Å². The molecule has 0 saturated heterocycles. The normalized spacial score (nSPS) is 18.2. The average molecular weight is 123 g/mol. The van der Waals surface area contributed by atoms with Gasteiger partial charge in [-0.05, 0) is 6.08 Å². The molecular formula is C7H9NO. The van der Waals surface area contributed by atoms with Crippen molar-refractivity contribution < 1.29 is 4.79 Å². The van der Waals surface area contributed by atoms with E-state index in [1.165, 1.54) is 0 Å². The van der Waals surface area contributed by atoms with Gasteiger partial charge in [-0.25, -0.2) is 0 Å². The molecule has 0 fully saturated rings. The lowest BCUT2D eigenvalue weighted by molar-refractivity contribution is -0.114. The van der Waals surface area contributed by atoms with Gasteiger partial charge in [-0.3, -0.25) is 4.79 Å². The van der Waals surface area contributed by atoms with E-state index in [0.717, 1.165) is 12.2 Å². The Kier molecular flexibility index (Phi) is 1.68. The summed E-state index contributed by atoms with van der Waals surface area (Å²) in [6.07, 6.45) is 3.84. The molecule has 0 aliphatic carbocycles. The van der Waals surface area contributed by atoms with Gasteiger partial charge in [0.15, 0.2) is 5.78 Å². The summed E-state index contributed by atoms with van der Waals surface area (Å²) >= 11 is 0. The summed E-state index contributed by atoms with van der Waals surface area (Å²) in [5.41, 5.74) is 0.839. The van der Waals surface area contributed by atoms with Crippen molar-refractivity contribution >= 4 is 5.78 Å². The van der Waals surface area contributed by atoms with Crippen LogP contribution in [0, 0.1) is 0 Å². The standard InChI is InChI=1S/C7H9NO/c1-2-6-5-7(9)3-4-8-6/h2,5,8H,1,3-4H2. The van der Waals surface area contributed by atoms with E-state index in [2.05, 4.69) is 11.9 Å². The fourth-order valence-electron chi connectivity index (χ4n) is 0.758. The highest BCUT2D eigenvalue weighted by Gasteiger charge is 2.04. The van der Waals surface area contributed by atoms with E-state index < -0.39 is 0 Å². The van der Waals surface area contributed by atoms with Crippen LogP contribution in [0.2, 0.25) is 0 Å². The smallest absolute Gasteiger partial charge is 0.159 e. The molecule has 1 heterocycles. The summed E-state index contributed by atoms with van der Waals surface area (Å²) in [7, 11) is 0. The number of ketones is 1. The van der Waals surface area contributed by atoms with E-state index in [-0.39, 0.29) is 5.78 Å². The van der Waals surface area contributed by atoms with Crippen LogP contribution in [0.1, 0.15) is 6.42 Å². The third-order valence-corrected chi connectivity index (χ3v) is 1.24. The highest BCUT2D eigenvalue weighted by Crippen LogP contribution is 1.99. The molecular weight excluding hydrogens is 114 g/mol. The van der Waals surface area contributed by atoms with E-state index in [4.69, 9.17) is 0 Å². The average Bonchev–Trinajstić information content (AvgIpc) is 1.88. The predicted molar refractivity (Wildman–Crippen MR) is 35.9 cm³/mol. The molecule has 0 atom stereocenters. The molecule has 0 unspecified atom stereocenters. The van der Waals surface area contributed by atoms with Crippen LogP contribution in [-0.4, -0.2) is 12.3 Å². The van der Waals surface area contributed by atoms with Crippen molar-refractivity contribution in [3.8, 4) is 0 Å². The molecule has 1 rings (SSSR count). The van der Waals surface area contributed by atoms with Crippen molar-refractivity contribution in [1.29, 1.82) is 0 Å². The maximum Gasteiger partial charge on any atom is 0.159 e. The lowest BCUT2D eigenvalue weighted by Gasteiger charge is -2.09. The molecule has 1 N–H and O–H groups in total. The number of allylic oxidation sites excluding steroid dienone is 2. The Bertz CT molecular complexity index is 170. The van der Waals surface area contributed by atoms with Gasteiger partial charge in [0.2, 0.25) is 0 Å². The van der Waals surface area contributed by atoms with Gasteiger partial charge in [0, 0.05) is 24.7 Å². The number of hydrogen-bond donors (Lipinski definition) is 1. The first kappa shape index (κ1) is 6.08. The van der Waals surface area contributed by atoms with Crippen LogP contribution in [0.15, 0.2) is 24.4 Å². The zero-order chi connectivity index (χ0) is 6.69. The van der Waals surface area contributed by atoms with Crippen LogP contribution >= 0.6 is 0 Å². The molecule has 2 heteroatoms. The first-order chi connectivity index (χ1) is 4.33. The van der Waals surface area contributed by atoms with Crippen molar-refractivity contribution in [2.24, 2.45) is 0 Å². The Morgan fingerprint density at radius 2 is 2.56 bits per heavy atom. The molecule has 9 heavy (non-hydrogen) atoms. The molecule has 0 spiro atoms. The van der Waals surface area contributed by atoms with E-state index in [1.807, 2.05) is 0 Å². The summed E-state index contributed by atoms with van der Waals surface area (Å²) in [5, 5.41) is 3.02. The van der Waals surface area contributed by atoms with Gasteiger partial charge in [-0.1, -0.05) is 6.58 Å². The Labute approximate surface area is 54.3 Å². The minimum absolute atomic E-state index is 0.184. The zero-order valence-corrected chi connectivity index (χ0v) is 5.18. The number of rotatable bonds is 1. The van der Waals surface area contributed by atoms with Gasteiger partial charge in [-0.2, -0.15) is 0 Å². The van der Waals surface area contributed by atoms with Gasteiger partial charge >= 0.3 is 0 Å². The SMILES string of the molecule is C=CC1=CC(=O)CCN1. The first-order valence-corrected chi connectivity index (χ1v) is 2.94. The zero-order valence-electron chi connectivity index (χ0n) is 5.18. The summed E-state index contributed by atoms with van der Waals surface area (Å²) in [6.45, 7) is 4.28. The van der Waals surface area contributed by atoms with Crippen LogP contribution in [0.25, 0.3) is 0 Å². The number of nitrogens with one attached hydrogen (secondary N) is 1. The Hall–Kier alpha value is -1.05. The molecule has 2 nitrogen and oxygen atoms in total. The first-order valence-electron chi connectivity index (χ1n) is 2.94. The molecule has 0 bridgehead atoms. The maximum absolute atomic E-state index is 10.7. The number of carbonyl (C=O) groups excluding carboxylic acids is 1. The predicted octanol–water partition coefficient (Wildman–Crippen LogP) is 0.619. The van der Waals surface area contributed by atoms with Gasteiger partial charge < -0.3 is 5.32 Å². The summed E-state index contributed by atoms with van der Waals surface area (Å²) in [4.78, 5) is 10.7. The van der Waals surface area contributed by atoms with Crippen LogP contribution in [-0.2, 0) is 4.79 Å². The fraction of sp³-hybridized carbons (Fsp3) is 0.286. The van der Waals surface area contributed by atoms with Crippen molar-refractivity contribution in [2.75, 3.05) is 6.54 Å². The summed E-state index contributed by atoms with van der Waals surface area (Å²) in [5.74, 6) is 0.184. The second-order valence-electron chi connectivity index (χ2n) is 1.95. The Morgan fingerprint density at radius 3 is 3.00 bits per heavy atom. The minimum atomic E-state index is 0.184. The van der Waals surface area contributed by atoms with Crippen molar-refractivity contribution in [2.45, 2.75) is 6.42 Å². The van der Waals surface area contributed by atoms with Crippen molar-refractivity contribution in [3.63, 3.8) is 0 Å². The van der Waals surface area contributed by atoms with Crippen LogP contribution in [0.5, 0.6) is 0 Å². The monoisotopic (exact) mass is 123 g/mol. The Morgan fingerprint density at radius 1 is 1.78 bits per heavy atom. The summed E-state index contributed by atoms with van der Waals surface area (Å²) in [6, 6.07) is 0. The lowest BCUT2D eigenvalue weighted by Crippen LogP contribution is -2.21. The minimum Gasteiger partial charge on any atom is -0.385 e. The molecule has 0 aromatic carbocycles. The summed E-state index contributed by atoms with van der Waals surface area (Å²) < 4.78 is 0. The molecule has 1 aliphatic rings. The second kappa shape index (κ2) is 2.49. The van der Waals surface area contributed by atoms with Gasteiger partial charge in [0.05, 0.1) is 0 Å². The van der Waals surface area contributed by atoms with Crippen LogP contribution in [0.4, 0.5) is 0 Å². The molecule has 48 valence electrons. The van der Waals surface area contributed by atoms with Crippen LogP contribution in [0.3, 0.4) is 0 Å². The molecule has 0 aromatic heterocycles. The van der Waals surface area contributed by atoms with Crippen LogP contribution < -0.4 is 5.32 Å². The van der Waals surface area contributed by atoms with Crippen molar-refractivity contribution in [3.05, 3.63) is 24.4 Å². The molecule has 1 aliphatic heterocycles. The topological polar surface area (TPSA) is 29.1 Å². The maximum atomic E-state index is 10.7. The van der Waals surface area contributed by atoms with E-state index in [1.54, 1.807) is 12.2 Å². The molecule has 0 aromatic rings. The fourth-order valence-corrected chi connectivity index (χ4v) is 0.758. The number of carbonyl (C=O) groups is 1. The van der Waals surface area contributed by atoms with E-state index in [0.29, 0.717) is 6.42 Å². The van der Waals surface area contributed by atoms with E-state index >= 15 is 0 Å². The molecule has 0 amide bonds. The Balaban J connectivity index is 2.70. The quantitative estimate of drug-likeness (QED) is 0.553. The number of hydrogen-bond acceptors (Lipinski definition) is 2. The second-order valence-corrected chi connectivity index (χ2v) is 1.95. The highest BCUT2D eigenvalue weighted by atomic mass is 16.1. The van der Waals surface area contributed by atoms with Gasteiger partial charge in [0.25, 0.3) is 0 Å². The highest BCUT2D eigenvalue weighted by molar-refractivity contribution is 5.91. The van der Waals surface area contributed by atoms with Crippen molar-refractivity contribution in [1.82, 2.24) is 5.32 Å². The molecule has 0 radical (unpaired) electrons. The molecule has 0 saturated carbocycles. The third-order valence-electron chi connectivity index (χ3n) is 1.24. The third kappa shape index (κ3) is 1.42. The largest absolute Gasteiger partial charge is 0.385 e. The van der Waals surface area contributed by atoms with E-state index in [9.17, 15) is 4.79 Å².